The number of nitrogens with one attached hydrogen (secondary N) is 1. The van der Waals surface area contributed by atoms with Gasteiger partial charge in [0.25, 0.3) is 5.69 Å². The molecule has 0 amide bonds. The summed E-state index contributed by atoms with van der Waals surface area (Å²) in [6.45, 7) is 2.11. The van der Waals surface area contributed by atoms with E-state index in [0.29, 0.717) is 5.69 Å². The number of hydrogen-bond acceptors (Lipinski definition) is 5. The Morgan fingerprint density at radius 1 is 1.56 bits per heavy atom. The highest BCUT2D eigenvalue weighted by Crippen LogP contribution is 2.26. The fourth-order valence-electron chi connectivity index (χ4n) is 1.27. The molecule has 0 saturated carbocycles. The number of thioether (sulfide) groups is 1. The molecule has 0 radical (unpaired) electrons. The molecule has 0 bridgehead atoms. The molecular weight excluding hydrogens is 226 g/mol. The van der Waals surface area contributed by atoms with Crippen molar-refractivity contribution in [3.8, 4) is 0 Å². The van der Waals surface area contributed by atoms with Crippen LogP contribution in [0.25, 0.3) is 0 Å². The second-order valence-electron chi connectivity index (χ2n) is 3.31. The molecule has 0 aromatic heterocycles. The van der Waals surface area contributed by atoms with Crippen molar-refractivity contribution in [1.82, 2.24) is 0 Å². The monoisotopic (exact) mass is 241 g/mol. The van der Waals surface area contributed by atoms with Crippen LogP contribution in [0, 0.1) is 10.1 Å². The molecule has 0 spiro atoms. The van der Waals surface area contributed by atoms with Gasteiger partial charge >= 0.3 is 0 Å². The minimum atomic E-state index is -0.427. The van der Waals surface area contributed by atoms with Crippen LogP contribution in [0.4, 0.5) is 11.4 Å². The topological polar surface area (TPSA) is 81.2 Å². The lowest BCUT2D eigenvalue weighted by Crippen LogP contribution is -2.09. The van der Waals surface area contributed by atoms with E-state index in [1.54, 1.807) is 23.9 Å². The van der Waals surface area contributed by atoms with Crippen LogP contribution in [0.2, 0.25) is 0 Å². The molecule has 88 valence electrons. The summed E-state index contributed by atoms with van der Waals surface area (Å²) in [5, 5.41) is 10.8. The van der Waals surface area contributed by atoms with Gasteiger partial charge in [0.2, 0.25) is 0 Å². The van der Waals surface area contributed by atoms with E-state index in [-0.39, 0.29) is 5.69 Å². The summed E-state index contributed by atoms with van der Waals surface area (Å²) in [5.41, 5.74) is 3.64. The van der Waals surface area contributed by atoms with E-state index in [2.05, 4.69) is 12.3 Å². The van der Waals surface area contributed by atoms with Crippen molar-refractivity contribution in [2.24, 2.45) is 5.84 Å². The number of hydrogen-bond donors (Lipinski definition) is 2. The van der Waals surface area contributed by atoms with Crippen LogP contribution < -0.4 is 11.3 Å². The number of nitrogens with zero attached hydrogens (tertiary/aromatic N) is 1. The number of rotatable bonds is 6. The number of anilines is 1. The van der Waals surface area contributed by atoms with Crippen LogP contribution in [0.3, 0.4) is 0 Å². The van der Waals surface area contributed by atoms with Crippen LogP contribution in [-0.4, -0.2) is 10.7 Å². The highest BCUT2D eigenvalue weighted by molar-refractivity contribution is 7.98. The average Bonchev–Trinajstić information content (AvgIpc) is 2.29. The number of nitrogen functional groups attached to an aromatic ring is 1. The Kier molecular flexibility index (Phi) is 5.07. The third-order valence-electron chi connectivity index (χ3n) is 2.03. The lowest BCUT2D eigenvalue weighted by molar-refractivity contribution is -0.384. The quantitative estimate of drug-likeness (QED) is 0.346. The van der Waals surface area contributed by atoms with Gasteiger partial charge in [-0.3, -0.25) is 16.0 Å². The number of nitro benzene ring substituents is 1. The van der Waals surface area contributed by atoms with Crippen molar-refractivity contribution in [2.75, 3.05) is 11.2 Å². The van der Waals surface area contributed by atoms with Crippen molar-refractivity contribution < 1.29 is 4.92 Å². The molecule has 0 aliphatic carbocycles. The van der Waals surface area contributed by atoms with Crippen LogP contribution in [-0.2, 0) is 5.75 Å². The van der Waals surface area contributed by atoms with Crippen molar-refractivity contribution in [3.05, 3.63) is 33.9 Å². The predicted octanol–water partition coefficient (Wildman–Crippen LogP) is 2.52. The number of benzene rings is 1. The zero-order valence-electron chi connectivity index (χ0n) is 9.10. The molecule has 0 aliphatic rings. The molecule has 16 heavy (non-hydrogen) atoms. The third kappa shape index (κ3) is 3.39. The van der Waals surface area contributed by atoms with Crippen LogP contribution in [0.1, 0.15) is 18.9 Å². The largest absolute Gasteiger partial charge is 0.318 e. The second-order valence-corrected chi connectivity index (χ2v) is 4.41. The number of hydrazine groups is 1. The Morgan fingerprint density at radius 2 is 2.31 bits per heavy atom. The van der Waals surface area contributed by atoms with Gasteiger partial charge in [-0.25, -0.2) is 0 Å². The van der Waals surface area contributed by atoms with Gasteiger partial charge < -0.3 is 5.43 Å². The molecular formula is C10H15N3O2S. The maximum Gasteiger partial charge on any atom is 0.293 e. The Morgan fingerprint density at radius 3 is 2.88 bits per heavy atom. The summed E-state index contributed by atoms with van der Waals surface area (Å²) < 4.78 is 0. The average molecular weight is 241 g/mol. The summed E-state index contributed by atoms with van der Waals surface area (Å²) in [7, 11) is 0. The molecule has 1 rings (SSSR count). The molecule has 3 N–H and O–H groups in total. The van der Waals surface area contributed by atoms with E-state index >= 15 is 0 Å². The highest BCUT2D eigenvalue weighted by Gasteiger charge is 2.13. The zero-order valence-corrected chi connectivity index (χ0v) is 9.92. The van der Waals surface area contributed by atoms with Crippen LogP contribution in [0.5, 0.6) is 0 Å². The first-order valence-corrected chi connectivity index (χ1v) is 6.16. The van der Waals surface area contributed by atoms with E-state index < -0.39 is 4.92 Å². The molecule has 6 heteroatoms. The van der Waals surface area contributed by atoms with Gasteiger partial charge in [-0.2, -0.15) is 11.8 Å². The SMILES string of the molecule is CCCSCc1ccc(NN)c([N+](=O)[O-])c1. The predicted molar refractivity (Wildman–Crippen MR) is 67.4 cm³/mol. The van der Waals surface area contributed by atoms with E-state index in [1.807, 2.05) is 6.07 Å². The minimum absolute atomic E-state index is 0.0251. The van der Waals surface area contributed by atoms with Crippen molar-refractivity contribution in [3.63, 3.8) is 0 Å². The molecule has 0 heterocycles. The van der Waals surface area contributed by atoms with Gasteiger partial charge in [0.1, 0.15) is 5.69 Å². The zero-order chi connectivity index (χ0) is 12.0. The molecule has 0 unspecified atom stereocenters. The Balaban J connectivity index is 2.81. The summed E-state index contributed by atoms with van der Waals surface area (Å²) in [6.07, 6.45) is 1.11. The lowest BCUT2D eigenvalue weighted by Gasteiger charge is -2.04. The molecule has 0 fully saturated rings. The standard InChI is InChI=1S/C10H15N3O2S/c1-2-5-16-7-8-3-4-9(12-11)10(6-8)13(14)15/h3-4,6,12H,2,5,7,11H2,1H3. The summed E-state index contributed by atoms with van der Waals surface area (Å²) in [4.78, 5) is 10.3. The van der Waals surface area contributed by atoms with Crippen molar-refractivity contribution in [2.45, 2.75) is 19.1 Å². The maximum absolute atomic E-state index is 10.8. The van der Waals surface area contributed by atoms with Crippen molar-refractivity contribution in [1.29, 1.82) is 0 Å². The highest BCUT2D eigenvalue weighted by atomic mass is 32.2. The van der Waals surface area contributed by atoms with Gasteiger partial charge in [-0.1, -0.05) is 13.0 Å². The van der Waals surface area contributed by atoms with E-state index in [1.165, 1.54) is 0 Å². The first-order chi connectivity index (χ1) is 7.69. The van der Waals surface area contributed by atoms with Gasteiger partial charge in [0.05, 0.1) is 4.92 Å². The number of nitrogens with two attached hydrogens (primary N) is 1. The second kappa shape index (κ2) is 6.34. The fourth-order valence-corrected chi connectivity index (χ4v) is 2.12. The first-order valence-electron chi connectivity index (χ1n) is 5.00. The smallest absolute Gasteiger partial charge is 0.293 e. The molecule has 1 aromatic carbocycles. The van der Waals surface area contributed by atoms with Crippen molar-refractivity contribution >= 4 is 23.1 Å². The van der Waals surface area contributed by atoms with E-state index in [4.69, 9.17) is 5.84 Å². The molecule has 0 saturated heterocycles. The van der Waals surface area contributed by atoms with Crippen LogP contribution >= 0.6 is 11.8 Å². The van der Waals surface area contributed by atoms with Gasteiger partial charge in [-0.05, 0) is 23.8 Å². The van der Waals surface area contributed by atoms with Gasteiger partial charge in [-0.15, -0.1) is 0 Å². The normalized spacial score (nSPS) is 10.1. The fraction of sp³-hybridized carbons (Fsp3) is 0.400. The van der Waals surface area contributed by atoms with Gasteiger partial charge in [0.15, 0.2) is 0 Å². The maximum atomic E-state index is 10.8. The molecule has 0 atom stereocenters. The van der Waals surface area contributed by atoms with Gasteiger partial charge in [0, 0.05) is 11.8 Å². The molecule has 0 aliphatic heterocycles. The third-order valence-corrected chi connectivity index (χ3v) is 3.27. The summed E-state index contributed by atoms with van der Waals surface area (Å²) in [5.74, 6) is 7.05. The Hall–Kier alpha value is -1.27. The van der Waals surface area contributed by atoms with E-state index in [0.717, 1.165) is 23.5 Å². The Bertz CT molecular complexity index is 371. The first kappa shape index (κ1) is 12.8. The minimum Gasteiger partial charge on any atom is -0.318 e. The summed E-state index contributed by atoms with van der Waals surface area (Å²) in [6, 6.07) is 5.06. The molecule has 5 nitrogen and oxygen atoms in total. The molecule has 1 aromatic rings. The summed E-state index contributed by atoms with van der Waals surface area (Å²) >= 11 is 1.77. The Labute approximate surface area is 98.5 Å². The lowest BCUT2D eigenvalue weighted by atomic mass is 10.2. The number of nitro groups is 1. The van der Waals surface area contributed by atoms with E-state index in [9.17, 15) is 10.1 Å². The van der Waals surface area contributed by atoms with Crippen LogP contribution in [0.15, 0.2) is 18.2 Å².